The van der Waals surface area contributed by atoms with Crippen molar-refractivity contribution in [3.63, 3.8) is 0 Å². The number of aromatic amines is 2. The molecule has 29 heavy (non-hydrogen) atoms. The van der Waals surface area contributed by atoms with E-state index in [0.29, 0.717) is 37.4 Å². The Morgan fingerprint density at radius 3 is 2.79 bits per heavy atom. The molecule has 0 saturated carbocycles. The molecule has 8 heteroatoms. The molecule has 1 fully saturated rings. The fraction of sp³-hybridized carbons (Fsp3) is 0.333. The van der Waals surface area contributed by atoms with Gasteiger partial charge in [-0.15, -0.1) is 0 Å². The highest BCUT2D eigenvalue weighted by molar-refractivity contribution is 5.92. The second kappa shape index (κ2) is 7.38. The summed E-state index contributed by atoms with van der Waals surface area (Å²) in [6.45, 7) is 6.53. The van der Waals surface area contributed by atoms with Crippen LogP contribution in [0.15, 0.2) is 30.8 Å². The summed E-state index contributed by atoms with van der Waals surface area (Å²) < 4.78 is 5.26. The van der Waals surface area contributed by atoms with Crippen molar-refractivity contribution in [1.82, 2.24) is 20.3 Å². The number of aliphatic hydroxyl groups is 2. The molecule has 2 aromatic heterocycles. The summed E-state index contributed by atoms with van der Waals surface area (Å²) in [6.07, 6.45) is 0.989. The number of fused-ring (bicyclic) bond motifs is 1. The molecule has 0 spiro atoms. The van der Waals surface area contributed by atoms with Gasteiger partial charge in [-0.25, -0.2) is 4.98 Å². The molecule has 0 aliphatic carbocycles. The van der Waals surface area contributed by atoms with E-state index in [0.717, 1.165) is 22.2 Å². The highest BCUT2D eigenvalue weighted by atomic mass is 16.5. The number of nitrogens with one attached hydrogen (secondary N) is 3. The summed E-state index contributed by atoms with van der Waals surface area (Å²) in [5, 5.41) is 23.7. The van der Waals surface area contributed by atoms with E-state index in [1.807, 2.05) is 31.2 Å². The van der Waals surface area contributed by atoms with Crippen molar-refractivity contribution in [3.05, 3.63) is 48.1 Å². The van der Waals surface area contributed by atoms with E-state index in [4.69, 9.17) is 4.74 Å². The van der Waals surface area contributed by atoms with Gasteiger partial charge in [0.15, 0.2) is 5.82 Å². The number of imidazole rings is 1. The van der Waals surface area contributed by atoms with E-state index in [-0.39, 0.29) is 24.0 Å². The number of hydrogen-bond donors (Lipinski definition) is 5. The molecule has 3 aromatic rings. The number of ether oxygens (including phenoxy) is 1. The molecule has 8 nitrogen and oxygen atoms in total. The summed E-state index contributed by atoms with van der Waals surface area (Å²) in [7, 11) is 0. The molecule has 0 bridgehead atoms. The number of carbonyl (C=O) groups is 1. The largest absolute Gasteiger partial charge is 0.506 e. The molecular formula is C21H24N4O4. The predicted molar refractivity (Wildman–Crippen MR) is 110 cm³/mol. The highest BCUT2D eigenvalue weighted by Gasteiger charge is 2.30. The monoisotopic (exact) mass is 396 g/mol. The quantitative estimate of drug-likeness (QED) is 0.424. The Morgan fingerprint density at radius 2 is 2.07 bits per heavy atom. The number of aromatic nitrogens is 3. The zero-order valence-corrected chi connectivity index (χ0v) is 16.2. The molecule has 0 atom stereocenters. The molecule has 152 valence electrons. The minimum absolute atomic E-state index is 0.0242. The minimum atomic E-state index is -0.938. The van der Waals surface area contributed by atoms with Gasteiger partial charge in [-0.2, -0.15) is 0 Å². The molecule has 3 heterocycles. The Hall–Kier alpha value is -3.10. The number of rotatable bonds is 5. The first-order valence-electron chi connectivity index (χ1n) is 9.51. The molecular weight excluding hydrogens is 372 g/mol. The molecule has 1 saturated heterocycles. The molecule has 0 radical (unpaired) electrons. The molecule has 5 N–H and O–H groups in total. The third-order valence-electron chi connectivity index (χ3n) is 5.31. The number of hydrogen-bond acceptors (Lipinski definition) is 5. The van der Waals surface area contributed by atoms with Crippen molar-refractivity contribution in [2.45, 2.75) is 25.4 Å². The number of benzene rings is 1. The Balaban J connectivity index is 1.53. The van der Waals surface area contributed by atoms with Crippen LogP contribution in [0, 0.1) is 6.92 Å². The Kier molecular flexibility index (Phi) is 4.89. The number of nitrogens with zero attached hydrogens (tertiary/aromatic N) is 1. The second-order valence-electron chi connectivity index (χ2n) is 7.51. The van der Waals surface area contributed by atoms with E-state index in [9.17, 15) is 15.0 Å². The van der Waals surface area contributed by atoms with Gasteiger partial charge in [0.1, 0.15) is 5.76 Å². The van der Waals surface area contributed by atoms with Crippen molar-refractivity contribution in [2.75, 3.05) is 19.8 Å². The summed E-state index contributed by atoms with van der Waals surface area (Å²) in [5.41, 5.74) is 2.78. The van der Waals surface area contributed by atoms with Crippen molar-refractivity contribution < 1.29 is 19.7 Å². The lowest BCUT2D eigenvalue weighted by atomic mass is 9.94. The van der Waals surface area contributed by atoms with Crippen molar-refractivity contribution in [1.29, 1.82) is 0 Å². The molecule has 1 aliphatic heterocycles. The number of H-pyrrole nitrogens is 2. The van der Waals surface area contributed by atoms with Crippen LogP contribution in [0.1, 0.15) is 34.8 Å². The van der Waals surface area contributed by atoms with Gasteiger partial charge in [-0.1, -0.05) is 12.6 Å². The summed E-state index contributed by atoms with van der Waals surface area (Å²) >= 11 is 0. The van der Waals surface area contributed by atoms with E-state index in [1.54, 1.807) is 0 Å². The lowest BCUT2D eigenvalue weighted by molar-refractivity contribution is -0.0605. The number of amides is 1. The molecule has 4 rings (SSSR count). The fourth-order valence-corrected chi connectivity index (χ4v) is 3.54. The zero-order valence-electron chi connectivity index (χ0n) is 16.2. The second-order valence-corrected chi connectivity index (χ2v) is 7.51. The number of carbonyl (C=O) groups excluding carboxylic acids is 1. The average Bonchev–Trinajstić information content (AvgIpc) is 3.30. The average molecular weight is 396 g/mol. The predicted octanol–water partition coefficient (Wildman–Crippen LogP) is 2.67. The third kappa shape index (κ3) is 3.90. The Bertz CT molecular complexity index is 1080. The van der Waals surface area contributed by atoms with Gasteiger partial charge in [0.05, 0.1) is 17.0 Å². The van der Waals surface area contributed by atoms with Crippen LogP contribution in [0.2, 0.25) is 0 Å². The van der Waals surface area contributed by atoms with Gasteiger partial charge >= 0.3 is 0 Å². The third-order valence-corrected chi connectivity index (χ3v) is 5.31. The lowest BCUT2D eigenvalue weighted by Gasteiger charge is -2.31. The van der Waals surface area contributed by atoms with Gasteiger partial charge in [0.2, 0.25) is 0 Å². The normalized spacial score (nSPS) is 16.1. The van der Waals surface area contributed by atoms with Crippen LogP contribution in [-0.2, 0) is 4.74 Å². The maximum atomic E-state index is 12.5. The smallest absolute Gasteiger partial charge is 0.287 e. The molecule has 1 aromatic carbocycles. The van der Waals surface area contributed by atoms with Crippen molar-refractivity contribution in [2.24, 2.45) is 0 Å². The zero-order chi connectivity index (χ0) is 20.6. The van der Waals surface area contributed by atoms with Crippen LogP contribution in [0.5, 0.6) is 0 Å². The fourth-order valence-electron chi connectivity index (χ4n) is 3.54. The van der Waals surface area contributed by atoms with Crippen molar-refractivity contribution in [3.8, 4) is 11.3 Å². The van der Waals surface area contributed by atoms with Crippen LogP contribution in [0.3, 0.4) is 0 Å². The van der Waals surface area contributed by atoms with Crippen molar-refractivity contribution >= 4 is 22.6 Å². The Labute approximate surface area is 167 Å². The number of aryl methyl sites for hydroxylation is 1. The lowest BCUT2D eigenvalue weighted by Crippen LogP contribution is -2.46. The standard InChI is InChI=1S/C21H24N4O4/c1-12-18(14-3-4-16-15(9-14)10-17(24-16)13(2)26)25-19(23-12)20(27)22-11-21(28)5-7-29-8-6-21/h3-4,9-10,24,26,28H,2,5-8,11H2,1H3,(H,22,27)(H,23,25). The SMILES string of the molecule is C=C(O)c1cc2cc(-c3nc(C(=O)NCC4(O)CCOCC4)[nH]c3C)ccc2[nH]1. The van der Waals surface area contributed by atoms with E-state index in [2.05, 4.69) is 26.8 Å². The van der Waals surface area contributed by atoms with E-state index in [1.165, 1.54) is 0 Å². The summed E-state index contributed by atoms with van der Waals surface area (Å²) in [5.74, 6) is -0.184. The molecule has 0 unspecified atom stereocenters. The topological polar surface area (TPSA) is 123 Å². The van der Waals surface area contributed by atoms with Gasteiger partial charge < -0.3 is 30.2 Å². The van der Waals surface area contributed by atoms with Crippen LogP contribution < -0.4 is 5.32 Å². The highest BCUT2D eigenvalue weighted by Crippen LogP contribution is 2.27. The minimum Gasteiger partial charge on any atom is -0.506 e. The van der Waals surface area contributed by atoms with Gasteiger partial charge in [-0.05, 0) is 25.1 Å². The van der Waals surface area contributed by atoms with Crippen LogP contribution in [0.25, 0.3) is 27.9 Å². The van der Waals surface area contributed by atoms with E-state index >= 15 is 0 Å². The summed E-state index contributed by atoms with van der Waals surface area (Å²) in [6, 6.07) is 7.54. The first-order chi connectivity index (χ1) is 13.8. The molecule has 1 amide bonds. The van der Waals surface area contributed by atoms with E-state index < -0.39 is 5.60 Å². The van der Waals surface area contributed by atoms with Gasteiger partial charge in [-0.3, -0.25) is 4.79 Å². The van der Waals surface area contributed by atoms with Crippen LogP contribution >= 0.6 is 0 Å². The summed E-state index contributed by atoms with van der Waals surface area (Å²) in [4.78, 5) is 23.1. The molecule has 1 aliphatic rings. The maximum Gasteiger partial charge on any atom is 0.287 e. The van der Waals surface area contributed by atoms with Gasteiger partial charge in [0.25, 0.3) is 5.91 Å². The first kappa shape index (κ1) is 19.2. The van der Waals surface area contributed by atoms with Crippen LogP contribution in [0.4, 0.5) is 0 Å². The maximum absolute atomic E-state index is 12.5. The Morgan fingerprint density at radius 1 is 1.31 bits per heavy atom. The van der Waals surface area contributed by atoms with Gasteiger partial charge in [0, 0.05) is 54.8 Å². The van der Waals surface area contributed by atoms with Crippen LogP contribution in [-0.4, -0.2) is 56.4 Å². The first-order valence-corrected chi connectivity index (χ1v) is 9.51. The number of aliphatic hydroxyl groups excluding tert-OH is 1.